The van der Waals surface area contributed by atoms with E-state index in [2.05, 4.69) is 91.9 Å². The third kappa shape index (κ3) is 5.41. The molecule has 0 radical (unpaired) electrons. The predicted molar refractivity (Wildman–Crippen MR) is 109 cm³/mol. The Hall–Kier alpha value is -2.16. The molecular weight excluding hydrogens is 320 g/mol. The summed E-state index contributed by atoms with van der Waals surface area (Å²) < 4.78 is 6.45. The summed E-state index contributed by atoms with van der Waals surface area (Å²) in [4.78, 5) is 0. The summed E-state index contributed by atoms with van der Waals surface area (Å²) in [6.45, 7) is 2.19. The molecule has 0 spiro atoms. The zero-order valence-corrected chi connectivity index (χ0v) is 16.3. The van der Waals surface area contributed by atoms with Crippen molar-refractivity contribution < 1.29 is 4.43 Å². The van der Waals surface area contributed by atoms with Crippen molar-refractivity contribution in [3.8, 4) is 0 Å². The smallest absolute Gasteiger partial charge is 0.193 e. The van der Waals surface area contributed by atoms with Crippen LogP contribution in [0.2, 0.25) is 0 Å². The van der Waals surface area contributed by atoms with Gasteiger partial charge in [0.05, 0.1) is 6.10 Å². The van der Waals surface area contributed by atoms with E-state index in [1.165, 1.54) is 21.9 Å². The third-order valence-corrected chi connectivity index (χ3v) is 5.97. The molecule has 0 amide bonds. The Bertz CT molecular complexity index is 738. The zero-order valence-electron chi connectivity index (χ0n) is 14.9. The van der Waals surface area contributed by atoms with Crippen LogP contribution in [0.5, 0.6) is 0 Å². The van der Waals surface area contributed by atoms with Gasteiger partial charge in [0, 0.05) is 0 Å². The lowest BCUT2D eigenvalue weighted by Gasteiger charge is -2.19. The van der Waals surface area contributed by atoms with Crippen LogP contribution >= 0.6 is 0 Å². The Kier molecular flexibility index (Phi) is 6.61. The van der Waals surface area contributed by atoms with Crippen molar-refractivity contribution in [3.05, 3.63) is 102 Å². The van der Waals surface area contributed by atoms with E-state index in [4.69, 9.17) is 4.43 Å². The Balaban J connectivity index is 1.65. The van der Waals surface area contributed by atoms with Crippen LogP contribution in [-0.4, -0.2) is 9.76 Å². The number of hydrogen-bond acceptors (Lipinski definition) is 1. The highest BCUT2D eigenvalue weighted by Crippen LogP contribution is 2.22. The molecule has 1 unspecified atom stereocenters. The molecule has 0 N–H and O–H groups in total. The SMILES string of the molecule is CCc1ccc([SiH2]OC(CCc2ccccc2)c2ccccc2)cc1. The van der Waals surface area contributed by atoms with Crippen LogP contribution < -0.4 is 5.19 Å². The first kappa shape index (κ1) is 17.7. The topological polar surface area (TPSA) is 9.23 Å². The van der Waals surface area contributed by atoms with Gasteiger partial charge in [0.25, 0.3) is 0 Å². The van der Waals surface area contributed by atoms with Crippen LogP contribution in [0.25, 0.3) is 0 Å². The van der Waals surface area contributed by atoms with E-state index in [9.17, 15) is 0 Å². The normalized spacial score (nSPS) is 12.5. The van der Waals surface area contributed by atoms with Crippen molar-refractivity contribution in [3.63, 3.8) is 0 Å². The van der Waals surface area contributed by atoms with Gasteiger partial charge in [0.15, 0.2) is 9.76 Å². The van der Waals surface area contributed by atoms with E-state index in [-0.39, 0.29) is 6.10 Å². The maximum Gasteiger partial charge on any atom is 0.193 e. The van der Waals surface area contributed by atoms with E-state index >= 15 is 0 Å². The summed E-state index contributed by atoms with van der Waals surface area (Å²) in [5, 5.41) is 1.37. The molecule has 128 valence electrons. The minimum atomic E-state index is -0.726. The van der Waals surface area contributed by atoms with Crippen molar-refractivity contribution in [1.82, 2.24) is 0 Å². The summed E-state index contributed by atoms with van der Waals surface area (Å²) in [7, 11) is -0.726. The zero-order chi connectivity index (χ0) is 17.3. The van der Waals surface area contributed by atoms with Crippen LogP contribution in [0.4, 0.5) is 0 Å². The van der Waals surface area contributed by atoms with E-state index in [0.29, 0.717) is 0 Å². The average Bonchev–Trinajstić information content (AvgIpc) is 2.70. The van der Waals surface area contributed by atoms with Crippen molar-refractivity contribution in [2.75, 3.05) is 0 Å². The van der Waals surface area contributed by atoms with Gasteiger partial charge in [0.1, 0.15) is 0 Å². The van der Waals surface area contributed by atoms with Gasteiger partial charge in [-0.05, 0) is 41.1 Å². The molecule has 0 saturated carbocycles. The number of hydrogen-bond donors (Lipinski definition) is 0. The molecule has 3 aromatic rings. The second-order valence-electron chi connectivity index (χ2n) is 6.40. The van der Waals surface area contributed by atoms with Gasteiger partial charge in [-0.3, -0.25) is 0 Å². The number of rotatable bonds is 8. The van der Waals surface area contributed by atoms with Gasteiger partial charge < -0.3 is 4.43 Å². The maximum atomic E-state index is 6.45. The average molecular weight is 347 g/mol. The fourth-order valence-electron chi connectivity index (χ4n) is 3.02. The van der Waals surface area contributed by atoms with Crippen molar-refractivity contribution in [1.29, 1.82) is 0 Å². The van der Waals surface area contributed by atoms with Crippen molar-refractivity contribution in [2.24, 2.45) is 0 Å². The van der Waals surface area contributed by atoms with E-state index in [1.54, 1.807) is 0 Å². The minimum absolute atomic E-state index is 0.180. The molecule has 2 heteroatoms. The summed E-state index contributed by atoms with van der Waals surface area (Å²) >= 11 is 0. The molecule has 1 nitrogen and oxygen atoms in total. The van der Waals surface area contributed by atoms with Gasteiger partial charge in [-0.2, -0.15) is 0 Å². The molecular formula is C23H26OSi. The monoisotopic (exact) mass is 346 g/mol. The Morgan fingerprint density at radius 2 is 1.40 bits per heavy atom. The quantitative estimate of drug-likeness (QED) is 0.551. The van der Waals surface area contributed by atoms with Gasteiger partial charge in [-0.25, -0.2) is 0 Å². The molecule has 0 bridgehead atoms. The lowest BCUT2D eigenvalue weighted by Crippen LogP contribution is -2.20. The highest BCUT2D eigenvalue weighted by molar-refractivity contribution is 6.46. The standard InChI is InChI=1S/C23H26OSi/c1-2-19-13-16-22(17-14-19)25-24-23(21-11-7-4-8-12-21)18-15-20-9-5-3-6-10-20/h3-14,16-17,23H,2,15,18,25H2,1H3. The van der Waals surface area contributed by atoms with Crippen LogP contribution in [0, 0.1) is 0 Å². The molecule has 0 aliphatic carbocycles. The molecule has 1 atom stereocenters. The van der Waals surface area contributed by atoms with Crippen LogP contribution in [0.3, 0.4) is 0 Å². The molecule has 0 aliphatic rings. The summed E-state index contributed by atoms with van der Waals surface area (Å²) in [6.07, 6.45) is 3.34. The Labute approximate surface area is 153 Å². The van der Waals surface area contributed by atoms with Gasteiger partial charge in [-0.15, -0.1) is 0 Å². The predicted octanol–water partition coefficient (Wildman–Crippen LogP) is 4.35. The first-order valence-corrected chi connectivity index (χ1v) is 10.4. The third-order valence-electron chi connectivity index (χ3n) is 4.59. The second-order valence-corrected chi connectivity index (χ2v) is 7.84. The van der Waals surface area contributed by atoms with Crippen molar-refractivity contribution >= 4 is 14.9 Å². The summed E-state index contributed by atoms with van der Waals surface area (Å²) in [6, 6.07) is 30.3. The number of aryl methyl sites for hydroxylation is 2. The highest BCUT2D eigenvalue weighted by atomic mass is 28.2. The molecule has 0 fully saturated rings. The maximum absolute atomic E-state index is 6.45. The first-order valence-electron chi connectivity index (χ1n) is 9.13. The largest absolute Gasteiger partial charge is 0.412 e. The molecule has 0 aliphatic heterocycles. The molecule has 3 aromatic carbocycles. The van der Waals surface area contributed by atoms with Crippen LogP contribution in [0.15, 0.2) is 84.9 Å². The Morgan fingerprint density at radius 1 is 0.760 bits per heavy atom. The van der Waals surface area contributed by atoms with Crippen molar-refractivity contribution in [2.45, 2.75) is 32.3 Å². The Morgan fingerprint density at radius 3 is 2.04 bits per heavy atom. The first-order chi connectivity index (χ1) is 12.3. The molecule has 0 saturated heterocycles. The lowest BCUT2D eigenvalue weighted by atomic mass is 10.0. The molecule has 0 aromatic heterocycles. The molecule has 25 heavy (non-hydrogen) atoms. The fraction of sp³-hybridized carbons (Fsp3) is 0.217. The van der Waals surface area contributed by atoms with Gasteiger partial charge in [0.2, 0.25) is 0 Å². The highest BCUT2D eigenvalue weighted by Gasteiger charge is 2.12. The molecule has 0 heterocycles. The summed E-state index contributed by atoms with van der Waals surface area (Å²) in [5.74, 6) is 0. The fourth-order valence-corrected chi connectivity index (χ4v) is 4.21. The lowest BCUT2D eigenvalue weighted by molar-refractivity contribution is 0.209. The molecule has 3 rings (SSSR count). The van der Waals surface area contributed by atoms with Crippen LogP contribution in [0.1, 0.15) is 36.1 Å². The second kappa shape index (κ2) is 9.35. The van der Waals surface area contributed by atoms with E-state index < -0.39 is 9.76 Å². The van der Waals surface area contributed by atoms with Gasteiger partial charge in [-0.1, -0.05) is 91.9 Å². The van der Waals surface area contributed by atoms with E-state index in [0.717, 1.165) is 19.3 Å². The van der Waals surface area contributed by atoms with Gasteiger partial charge >= 0.3 is 0 Å². The van der Waals surface area contributed by atoms with E-state index in [1.807, 2.05) is 0 Å². The summed E-state index contributed by atoms with van der Waals surface area (Å²) in [5.41, 5.74) is 4.05. The number of benzene rings is 3. The van der Waals surface area contributed by atoms with Crippen LogP contribution in [-0.2, 0) is 17.3 Å². The minimum Gasteiger partial charge on any atom is -0.412 e.